The Balaban J connectivity index is 0.000000182. The lowest BCUT2D eigenvalue weighted by Gasteiger charge is -2.09. The Labute approximate surface area is 821 Å². The summed E-state index contributed by atoms with van der Waals surface area (Å²) in [7, 11) is 9.00. The van der Waals surface area contributed by atoms with Crippen molar-refractivity contribution in [2.45, 2.75) is 113 Å². The van der Waals surface area contributed by atoms with Crippen molar-refractivity contribution in [3.8, 4) is 0 Å². The number of aryl methyl sites for hydroxylation is 3. The summed E-state index contributed by atoms with van der Waals surface area (Å²) in [4.78, 5) is 83.6. The molecule has 30 heteroatoms. The largest absolute Gasteiger partial charge is 0.447 e. The molecule has 6 atom stereocenters. The fourth-order valence-corrected chi connectivity index (χ4v) is 12.8. The Morgan fingerprint density at radius 1 is 0.341 bits per heavy atom. The number of amides is 6. The number of alkyl carbamates (subject to hydrolysis) is 6. The molecule has 672 valence electrons. The molecule has 12 heterocycles. The number of fused-ring (bicyclic) bond motifs is 6. The maximum atomic E-state index is 11.7. The Morgan fingerprint density at radius 3 is 0.944 bits per heavy atom. The molecule has 12 N–H and O–H groups in total. The molecule has 0 radical (unpaired) electrons. The topological polar surface area (TPSA) is 344 Å². The summed E-state index contributed by atoms with van der Waals surface area (Å²) in [6.07, 6.45) is -12.7. The first-order chi connectivity index (χ1) is 84.4. The van der Waals surface area contributed by atoms with Crippen LogP contribution < -0.4 is 31.9 Å². The number of nitrogens with one attached hydrogen (secondary N) is 12. The minimum Gasteiger partial charge on any atom is -0.447 e. The highest BCUT2D eigenvalue weighted by Crippen LogP contribution is 2.29. The van der Waals surface area contributed by atoms with Crippen molar-refractivity contribution in [1.82, 2.24) is 91.2 Å². The Kier molecular flexibility index (Phi) is 14.6. The van der Waals surface area contributed by atoms with Crippen molar-refractivity contribution in [3.63, 3.8) is 0 Å². The van der Waals surface area contributed by atoms with Crippen LogP contribution in [0.15, 0.2) is 146 Å². The van der Waals surface area contributed by atoms with Crippen LogP contribution in [0.1, 0.15) is 141 Å². The predicted octanol–water partition coefficient (Wildman–Crippen LogP) is 11.5. The van der Waals surface area contributed by atoms with Gasteiger partial charge in [0.25, 0.3) is 0 Å². The van der Waals surface area contributed by atoms with Crippen molar-refractivity contribution in [2.75, 3.05) is 163 Å². The summed E-state index contributed by atoms with van der Waals surface area (Å²) in [6.45, 7) is -41.2. The van der Waals surface area contributed by atoms with Crippen LogP contribution in [0.25, 0.3) is 65.4 Å². The van der Waals surface area contributed by atoms with E-state index in [0.717, 1.165) is 75.8 Å². The molecule has 6 saturated heterocycles. The van der Waals surface area contributed by atoms with Crippen molar-refractivity contribution in [2.24, 2.45) is 0 Å². The molecule has 6 amide bonds. The summed E-state index contributed by atoms with van der Waals surface area (Å²) < 4.78 is 503. The van der Waals surface area contributed by atoms with Crippen LogP contribution in [0.3, 0.4) is 0 Å². The number of H-pyrrole nitrogens is 6. The minimum absolute atomic E-state index is 0.0170. The highest BCUT2D eigenvalue weighted by atomic mass is 16.6. The van der Waals surface area contributed by atoms with Gasteiger partial charge in [0.2, 0.25) is 0 Å². The predicted molar refractivity (Wildman–Crippen MR) is 495 cm³/mol. The third kappa shape index (κ3) is 26.5. The number of aromatic amines is 6. The van der Waals surface area contributed by atoms with E-state index in [1.807, 2.05) is 38.4 Å². The number of carbonyl (C=O) groups excluding carboxylic acids is 6. The van der Waals surface area contributed by atoms with Crippen molar-refractivity contribution < 1.29 is 140 Å². The summed E-state index contributed by atoms with van der Waals surface area (Å²) in [5.41, 5.74) is 2.50. The molecular weight excluding hydrogens is 1600 g/mol. The number of hydrogen-bond donors (Lipinski definition) is 12. The van der Waals surface area contributed by atoms with Crippen LogP contribution in [0.4, 0.5) is 28.8 Å². The number of cyclic esters (lactones) is 6. The number of benzene rings is 6. The zero-order chi connectivity index (χ0) is 141. The molecule has 6 aliphatic rings. The molecule has 0 aliphatic carbocycles. The van der Waals surface area contributed by atoms with Gasteiger partial charge in [-0.15, -0.1) is 0 Å². The first-order valence-corrected chi connectivity index (χ1v) is 38.5. The van der Waals surface area contributed by atoms with Gasteiger partial charge in [-0.05, 0) is 300 Å². The van der Waals surface area contributed by atoms with Gasteiger partial charge in [-0.2, -0.15) is 0 Å². The first-order valence-electron chi connectivity index (χ1n) is 68.2. The van der Waals surface area contributed by atoms with Gasteiger partial charge in [-0.1, -0.05) is 36.3 Å². The normalized spacial score (nSPS) is 29.1. The lowest BCUT2D eigenvalue weighted by molar-refractivity contribution is 0.176. The minimum atomic E-state index is -3.81. The number of hydrogen-bond acceptors (Lipinski definition) is 18. The summed E-state index contributed by atoms with van der Waals surface area (Å²) in [5, 5.41) is 8.99. The van der Waals surface area contributed by atoms with Crippen molar-refractivity contribution >= 4 is 102 Å². The van der Waals surface area contributed by atoms with Gasteiger partial charge < -0.3 is 120 Å². The van der Waals surface area contributed by atoms with Gasteiger partial charge in [0, 0.05) is 183 Å². The van der Waals surface area contributed by atoms with E-state index in [2.05, 4.69) is 64.2 Å². The van der Waals surface area contributed by atoms with E-state index in [9.17, 15) is 28.8 Å². The molecule has 0 unspecified atom stereocenters. The molecule has 6 fully saturated rings. The van der Waals surface area contributed by atoms with Crippen molar-refractivity contribution in [1.29, 1.82) is 0 Å². The standard InChI is InChI=1S/6C16H21N3O2/c6*1-19(2)6-5-12-9-17-15-4-3-11(8-14(12)15)7-13-10-21-16(20)18-13/h6*3-4,8-9,13,17H,5-7,10H2,1-2H3,(H,18,20)/t6*13-/m000000/s1/i1D3,2D3,3D,4D,5D2,6D2,8D,10D2;1D3,3D,4D,5D2,6D2,8D,10D2;3D,4D,5D2,6D2,8D,10D2;1D3,2D3,9D,10D2;1D3,9D,10D2;9D,10D2/hD6. The Bertz CT molecular complexity index is 8650. The van der Waals surface area contributed by atoms with E-state index in [1.54, 1.807) is 30.3 Å². The number of likely N-dealkylation sites (N-methyl/N-ethyl adjacent to an activating group) is 6. The third-order valence-electron chi connectivity index (χ3n) is 18.6. The molecule has 6 aromatic heterocycles. The van der Waals surface area contributed by atoms with Gasteiger partial charge in [-0.3, -0.25) is 0 Å². The first kappa shape index (κ1) is 42.0. The monoisotopic (exact) mass is 1780 g/mol. The number of rotatable bonds is 30. The second kappa shape index (κ2) is 43.7. The third-order valence-corrected chi connectivity index (χ3v) is 18.6. The highest BCUT2D eigenvalue weighted by molar-refractivity contribution is 5.88. The number of ether oxygens (including phenoxy) is 6. The second-order valence-corrected chi connectivity index (χ2v) is 28.9. The Morgan fingerprint density at radius 2 is 0.643 bits per heavy atom. The summed E-state index contributed by atoms with van der Waals surface area (Å²) >= 11 is 0. The van der Waals surface area contributed by atoms with Crippen LogP contribution in [0.5, 0.6) is 0 Å². The average molecular weight is 1780 g/mol. The Hall–Kier alpha value is -12.1. The fraction of sp³-hybridized carbons (Fsp3) is 0.438. The van der Waals surface area contributed by atoms with Crippen molar-refractivity contribution in [3.05, 3.63) is 213 Å². The maximum absolute atomic E-state index is 11.7. The van der Waals surface area contributed by atoms with E-state index >= 15 is 0 Å². The van der Waals surface area contributed by atoms with E-state index in [-0.39, 0.29) is 93.1 Å². The van der Waals surface area contributed by atoms with Crippen LogP contribution in [0.2, 0.25) is 8.47 Å². The fourth-order valence-electron chi connectivity index (χ4n) is 12.8. The van der Waals surface area contributed by atoms with Crippen LogP contribution in [-0.2, 0) is 105 Å². The quantitative estimate of drug-likeness (QED) is 0.0186. The molecule has 6 aliphatic heterocycles. The number of nitrogens with zero attached hydrogens (tertiary/aromatic N) is 6. The van der Waals surface area contributed by atoms with Gasteiger partial charge in [-0.25, -0.2) is 28.8 Å². The molecule has 18 rings (SSSR count). The van der Waals surface area contributed by atoms with E-state index < -0.39 is 310 Å². The molecule has 6 aromatic carbocycles. The van der Waals surface area contributed by atoms with E-state index in [0.29, 0.717) is 72.6 Å². The number of aromatic nitrogens is 6. The molecular formula is C96H126N18O12. The molecule has 12 aromatic rings. The second-order valence-electron chi connectivity index (χ2n) is 28.9. The van der Waals surface area contributed by atoms with E-state index in [4.69, 9.17) is 82.5 Å². The molecule has 0 spiro atoms. The lowest BCUT2D eigenvalue weighted by Crippen LogP contribution is -2.28. The molecule has 0 saturated carbocycles. The molecule has 0 bridgehead atoms. The SMILES string of the molecule is [2H]c1[nH]c2ccc(C[C@@H]3NC(=O)OC3([2H])[2H])cc2c1CCN(C([2H])([2H])[2H])C([2H])([2H])[2H].[2H]c1[nH]c2ccc(C[C@@H]3NC(=O)OC3([2H])[2H])cc2c1CCN(C)C.[2H]c1[nH]c2ccc(C[C@@H]3NC(=O)OC3([2H])[2H])cc2c1CCN(C)C([2H])([2H])[2H].[2H]c1c(C[C@@H]2N([2H])C(=O)OC2([2H])[2H])c([2H])c2c(C([2H])([2H])C([2H])([2H])N(C([2H])([2H])[2H])C([2H])([2H])[2H])cn([2H])c2c1[2H].[2H]c1c(C[C@@H]2N([2H])C(=O)OC2([2H])[2H])c([2H])c2c(C([2H])([2H])C([2H])([2H])N(C)C([2H])([2H])[2H])cn([2H])c2c1[2H].[2H]c1c(C[C@@H]2N([2H])C(=O)OC2([2H])[2H])c([2H])c2c(C([2H])([2H])C([2H])([2H])N(C)C)cn([2H])c2c1[2H]. The van der Waals surface area contributed by atoms with Gasteiger partial charge in [0.1, 0.15) is 39.4 Å². The van der Waals surface area contributed by atoms with Gasteiger partial charge >= 0.3 is 36.6 Å². The maximum Gasteiger partial charge on any atom is 0.407 e. The summed E-state index contributed by atoms with van der Waals surface area (Å²) in [5.74, 6) is 0. The lowest BCUT2D eigenvalue weighted by atomic mass is 10.0. The average Bonchev–Trinajstić information content (AvgIpc) is 1.51. The highest BCUT2D eigenvalue weighted by Gasteiger charge is 2.29. The summed E-state index contributed by atoms with van der Waals surface area (Å²) in [6, 6.07) is 3.24. The van der Waals surface area contributed by atoms with Crippen LogP contribution in [-0.4, -0.2) is 295 Å². The smallest absolute Gasteiger partial charge is 0.407 e. The zero-order valence-electron chi connectivity index (χ0n) is 128. The van der Waals surface area contributed by atoms with E-state index in [1.165, 1.54) is 26.0 Å². The molecule has 30 nitrogen and oxygen atoms in total. The number of carbonyl (C=O) groups is 6. The van der Waals surface area contributed by atoms with Gasteiger partial charge in [0.15, 0.2) is 8.47 Å². The van der Waals surface area contributed by atoms with Gasteiger partial charge in [0.05, 0.1) is 69.1 Å². The van der Waals surface area contributed by atoms with Crippen LogP contribution >= 0.6 is 0 Å². The van der Waals surface area contributed by atoms with Crippen LogP contribution in [0, 0.1) is 0 Å². The zero-order valence-corrected chi connectivity index (χ0v) is 68.1. The molecule has 126 heavy (non-hydrogen) atoms.